The van der Waals surface area contributed by atoms with Crippen LogP contribution in [0.4, 0.5) is 11.4 Å². The topological polar surface area (TPSA) is 87.8 Å². The Morgan fingerprint density at radius 1 is 1.48 bits per heavy atom. The quantitative estimate of drug-likeness (QED) is 0.660. The molecule has 0 aliphatic rings. The number of rotatable bonds is 7. The van der Waals surface area contributed by atoms with Crippen molar-refractivity contribution in [2.75, 3.05) is 31.8 Å². The number of nitrogens with zero attached hydrogens (tertiary/aromatic N) is 1. The molecule has 2 atom stereocenters. The van der Waals surface area contributed by atoms with E-state index in [4.69, 9.17) is 10.5 Å². The number of nitrogen functional groups attached to an aromatic ring is 1. The summed E-state index contributed by atoms with van der Waals surface area (Å²) in [5.74, 6) is 0.397. The second-order valence-electron chi connectivity index (χ2n) is 5.24. The number of carbonyl (C=O) groups excluding carboxylic acids is 1. The van der Waals surface area contributed by atoms with Crippen LogP contribution in [-0.2, 0) is 4.79 Å². The van der Waals surface area contributed by atoms with Gasteiger partial charge in [-0.3, -0.25) is 9.69 Å². The van der Waals surface area contributed by atoms with Gasteiger partial charge in [-0.25, -0.2) is 0 Å². The number of benzene rings is 1. The van der Waals surface area contributed by atoms with Crippen LogP contribution in [0, 0.1) is 0 Å². The first kappa shape index (κ1) is 17.3. The molecule has 118 valence electrons. The number of anilines is 2. The van der Waals surface area contributed by atoms with Crippen LogP contribution in [0.5, 0.6) is 5.75 Å². The molecule has 0 aliphatic heterocycles. The summed E-state index contributed by atoms with van der Waals surface area (Å²) in [6, 6.07) is 4.78. The highest BCUT2D eigenvalue weighted by atomic mass is 16.5. The van der Waals surface area contributed by atoms with Crippen LogP contribution < -0.4 is 15.8 Å². The maximum Gasteiger partial charge on any atom is 0.241 e. The Morgan fingerprint density at radius 3 is 2.71 bits per heavy atom. The van der Waals surface area contributed by atoms with Gasteiger partial charge in [0.2, 0.25) is 5.91 Å². The fourth-order valence-electron chi connectivity index (χ4n) is 1.83. The average Bonchev–Trinajstić information content (AvgIpc) is 2.45. The first-order chi connectivity index (χ1) is 9.85. The zero-order valence-electron chi connectivity index (χ0n) is 13.1. The number of methoxy groups -OCH3 is 1. The lowest BCUT2D eigenvalue weighted by Crippen LogP contribution is -2.40. The number of nitrogens with two attached hydrogens (primary N) is 1. The minimum absolute atomic E-state index is 0.133. The third-order valence-electron chi connectivity index (χ3n) is 3.42. The molecule has 6 heteroatoms. The van der Waals surface area contributed by atoms with E-state index in [1.54, 1.807) is 25.1 Å². The molecule has 0 radical (unpaired) electrons. The monoisotopic (exact) mass is 295 g/mol. The Balaban J connectivity index is 2.67. The second-order valence-corrected chi connectivity index (χ2v) is 5.24. The lowest BCUT2D eigenvalue weighted by molar-refractivity contribution is -0.120. The number of amides is 1. The van der Waals surface area contributed by atoms with Crippen LogP contribution in [0.3, 0.4) is 0 Å². The summed E-state index contributed by atoms with van der Waals surface area (Å²) in [6.07, 6.45) is 0.249. The summed E-state index contributed by atoms with van der Waals surface area (Å²) in [6.45, 7) is 4.20. The van der Waals surface area contributed by atoms with Gasteiger partial charge in [0.15, 0.2) is 0 Å². The Hall–Kier alpha value is -1.79. The van der Waals surface area contributed by atoms with Crippen molar-refractivity contribution in [1.82, 2.24) is 4.90 Å². The van der Waals surface area contributed by atoms with Gasteiger partial charge in [-0.05, 0) is 39.4 Å². The van der Waals surface area contributed by atoms with Crippen molar-refractivity contribution in [3.05, 3.63) is 18.2 Å². The standard InChI is InChI=1S/C15H25N3O3/c1-10(19)7-8-18(3)11(2)15(20)17-13-6-5-12(16)9-14(13)21-4/h5-6,9-11,19H,7-8,16H2,1-4H3,(H,17,20). The molecule has 0 bridgehead atoms. The van der Waals surface area contributed by atoms with Gasteiger partial charge < -0.3 is 20.9 Å². The van der Waals surface area contributed by atoms with Crippen molar-refractivity contribution in [3.8, 4) is 5.75 Å². The van der Waals surface area contributed by atoms with Gasteiger partial charge in [0.05, 0.1) is 24.9 Å². The number of aliphatic hydroxyl groups is 1. The predicted octanol–water partition coefficient (Wildman–Crippen LogP) is 1.31. The normalized spacial score (nSPS) is 13.8. The van der Waals surface area contributed by atoms with Gasteiger partial charge in [0.1, 0.15) is 5.75 Å². The van der Waals surface area contributed by atoms with Gasteiger partial charge in [-0.2, -0.15) is 0 Å². The lowest BCUT2D eigenvalue weighted by atomic mass is 10.2. The van der Waals surface area contributed by atoms with Crippen LogP contribution in [0.15, 0.2) is 18.2 Å². The highest BCUT2D eigenvalue weighted by Crippen LogP contribution is 2.26. The number of hydrogen-bond donors (Lipinski definition) is 3. The molecule has 0 saturated heterocycles. The van der Waals surface area contributed by atoms with Crippen molar-refractivity contribution in [2.45, 2.75) is 32.4 Å². The number of likely N-dealkylation sites (N-methyl/N-ethyl adjacent to an activating group) is 1. The maximum atomic E-state index is 12.2. The van der Waals surface area contributed by atoms with E-state index in [-0.39, 0.29) is 18.1 Å². The van der Waals surface area contributed by atoms with Gasteiger partial charge in [-0.1, -0.05) is 0 Å². The van der Waals surface area contributed by atoms with Crippen LogP contribution in [0.25, 0.3) is 0 Å². The Kier molecular flexibility index (Phi) is 6.45. The summed E-state index contributed by atoms with van der Waals surface area (Å²) in [5.41, 5.74) is 6.85. The van der Waals surface area contributed by atoms with Crippen molar-refractivity contribution in [2.24, 2.45) is 0 Å². The Bertz CT molecular complexity index is 477. The minimum atomic E-state index is -0.375. The molecule has 21 heavy (non-hydrogen) atoms. The van der Waals surface area contributed by atoms with Crippen LogP contribution >= 0.6 is 0 Å². The zero-order chi connectivity index (χ0) is 16.0. The number of ether oxygens (including phenoxy) is 1. The Labute approximate surface area is 125 Å². The first-order valence-electron chi connectivity index (χ1n) is 6.97. The molecule has 2 unspecified atom stereocenters. The molecule has 4 N–H and O–H groups in total. The average molecular weight is 295 g/mol. The molecule has 0 saturated carbocycles. The summed E-state index contributed by atoms with van der Waals surface area (Å²) in [5, 5.41) is 12.1. The van der Waals surface area contributed by atoms with E-state index in [2.05, 4.69) is 5.32 Å². The first-order valence-corrected chi connectivity index (χ1v) is 6.97. The van der Waals surface area contributed by atoms with Gasteiger partial charge >= 0.3 is 0 Å². The lowest BCUT2D eigenvalue weighted by Gasteiger charge is -2.24. The van der Waals surface area contributed by atoms with Crippen molar-refractivity contribution < 1.29 is 14.6 Å². The number of nitrogens with one attached hydrogen (secondary N) is 1. The van der Waals surface area contributed by atoms with Gasteiger partial charge in [0, 0.05) is 18.3 Å². The summed E-state index contributed by atoms with van der Waals surface area (Å²) in [4.78, 5) is 14.1. The maximum absolute atomic E-state index is 12.2. The second kappa shape index (κ2) is 7.85. The molecule has 1 aromatic carbocycles. The molecule has 1 aromatic rings. The molecular weight excluding hydrogens is 270 g/mol. The van der Waals surface area contributed by atoms with Gasteiger partial charge in [0.25, 0.3) is 0 Å². The zero-order valence-corrected chi connectivity index (χ0v) is 13.1. The number of aliphatic hydroxyl groups excluding tert-OH is 1. The largest absolute Gasteiger partial charge is 0.494 e. The molecular formula is C15H25N3O3. The summed E-state index contributed by atoms with van der Waals surface area (Å²) in [7, 11) is 3.38. The van der Waals surface area contributed by atoms with Gasteiger partial charge in [-0.15, -0.1) is 0 Å². The predicted molar refractivity (Wildman–Crippen MR) is 84.4 cm³/mol. The molecule has 0 aromatic heterocycles. The van der Waals surface area contributed by atoms with Crippen LogP contribution in [-0.4, -0.2) is 48.8 Å². The number of hydrogen-bond acceptors (Lipinski definition) is 5. The Morgan fingerprint density at radius 2 is 2.14 bits per heavy atom. The van der Waals surface area contributed by atoms with Crippen LogP contribution in [0.2, 0.25) is 0 Å². The highest BCUT2D eigenvalue weighted by Gasteiger charge is 2.19. The summed E-state index contributed by atoms with van der Waals surface area (Å²) >= 11 is 0. The minimum Gasteiger partial charge on any atom is -0.494 e. The molecule has 0 spiro atoms. The molecule has 6 nitrogen and oxygen atoms in total. The van der Waals surface area contributed by atoms with Crippen LogP contribution in [0.1, 0.15) is 20.3 Å². The van der Waals surface area contributed by atoms with E-state index >= 15 is 0 Å². The molecule has 0 fully saturated rings. The van der Waals surface area contributed by atoms with E-state index in [0.717, 1.165) is 0 Å². The number of carbonyl (C=O) groups is 1. The van der Waals surface area contributed by atoms with E-state index in [1.807, 2.05) is 18.9 Å². The van der Waals surface area contributed by atoms with Crippen molar-refractivity contribution >= 4 is 17.3 Å². The third kappa shape index (κ3) is 5.24. The van der Waals surface area contributed by atoms with E-state index in [9.17, 15) is 9.90 Å². The fourth-order valence-corrected chi connectivity index (χ4v) is 1.83. The van der Waals surface area contributed by atoms with E-state index in [1.165, 1.54) is 7.11 Å². The van der Waals surface area contributed by atoms with Crippen molar-refractivity contribution in [1.29, 1.82) is 0 Å². The molecule has 1 rings (SSSR count). The molecule has 1 amide bonds. The van der Waals surface area contributed by atoms with E-state index < -0.39 is 0 Å². The third-order valence-corrected chi connectivity index (χ3v) is 3.42. The summed E-state index contributed by atoms with van der Waals surface area (Å²) < 4.78 is 5.20. The molecule has 0 heterocycles. The molecule has 0 aliphatic carbocycles. The SMILES string of the molecule is COc1cc(N)ccc1NC(=O)C(C)N(C)CCC(C)O. The fraction of sp³-hybridized carbons (Fsp3) is 0.533. The van der Waals surface area contributed by atoms with Crippen molar-refractivity contribution in [3.63, 3.8) is 0 Å². The highest BCUT2D eigenvalue weighted by molar-refractivity contribution is 5.96. The smallest absolute Gasteiger partial charge is 0.241 e. The van der Waals surface area contributed by atoms with E-state index in [0.29, 0.717) is 30.1 Å².